The molecule has 0 aromatic heterocycles. The summed E-state index contributed by atoms with van der Waals surface area (Å²) in [6.07, 6.45) is 2.11. The SMILES string of the molecule is CC1CCN(C=O)C1. The van der Waals surface area contributed by atoms with E-state index in [-0.39, 0.29) is 0 Å². The van der Waals surface area contributed by atoms with Crippen LogP contribution in [0.25, 0.3) is 0 Å². The number of carbonyl (C=O) groups is 1. The normalized spacial score (nSPS) is 28.6. The van der Waals surface area contributed by atoms with Gasteiger partial charge in [0.05, 0.1) is 0 Å². The second kappa shape index (κ2) is 2.16. The maximum atomic E-state index is 10.1. The van der Waals surface area contributed by atoms with Crippen molar-refractivity contribution in [1.82, 2.24) is 4.90 Å². The zero-order valence-corrected chi connectivity index (χ0v) is 5.13. The third-order valence-corrected chi connectivity index (χ3v) is 1.60. The molecule has 0 aromatic rings. The molecule has 0 radical (unpaired) electrons. The van der Waals surface area contributed by atoms with Gasteiger partial charge >= 0.3 is 0 Å². The fourth-order valence-electron chi connectivity index (χ4n) is 1.06. The first kappa shape index (κ1) is 5.60. The van der Waals surface area contributed by atoms with E-state index in [9.17, 15) is 4.79 Å². The molecule has 1 saturated heterocycles. The van der Waals surface area contributed by atoms with E-state index in [1.165, 1.54) is 6.42 Å². The second-order valence-corrected chi connectivity index (χ2v) is 2.49. The molecule has 2 heteroatoms. The van der Waals surface area contributed by atoms with Crippen molar-refractivity contribution in [3.05, 3.63) is 0 Å². The standard InChI is InChI=1S/C6H11NO/c1-6-2-3-7(4-6)5-8/h5-6H,2-4H2,1H3. The van der Waals surface area contributed by atoms with Gasteiger partial charge in [0.25, 0.3) is 0 Å². The van der Waals surface area contributed by atoms with Crippen LogP contribution in [0.1, 0.15) is 13.3 Å². The van der Waals surface area contributed by atoms with Crippen LogP contribution in [0.15, 0.2) is 0 Å². The molecule has 0 aliphatic carbocycles. The van der Waals surface area contributed by atoms with Crippen molar-refractivity contribution in [2.75, 3.05) is 13.1 Å². The monoisotopic (exact) mass is 113 g/mol. The summed E-state index contributed by atoms with van der Waals surface area (Å²) >= 11 is 0. The zero-order chi connectivity index (χ0) is 5.98. The first-order chi connectivity index (χ1) is 3.83. The van der Waals surface area contributed by atoms with Gasteiger partial charge in [0.1, 0.15) is 0 Å². The van der Waals surface area contributed by atoms with Gasteiger partial charge in [-0.25, -0.2) is 0 Å². The number of carbonyl (C=O) groups excluding carboxylic acids is 1. The van der Waals surface area contributed by atoms with Crippen LogP contribution in [0.5, 0.6) is 0 Å². The smallest absolute Gasteiger partial charge is 0.209 e. The maximum Gasteiger partial charge on any atom is 0.209 e. The van der Waals surface area contributed by atoms with Crippen molar-refractivity contribution in [2.24, 2.45) is 5.92 Å². The predicted molar refractivity (Wildman–Crippen MR) is 31.4 cm³/mol. The molecule has 0 N–H and O–H groups in total. The Morgan fingerprint density at radius 3 is 2.75 bits per heavy atom. The highest BCUT2D eigenvalue weighted by molar-refractivity contribution is 5.47. The van der Waals surface area contributed by atoms with Crippen LogP contribution >= 0.6 is 0 Å². The van der Waals surface area contributed by atoms with Gasteiger partial charge in [-0.3, -0.25) is 4.79 Å². The molecule has 1 unspecified atom stereocenters. The van der Waals surface area contributed by atoms with Gasteiger partial charge < -0.3 is 4.90 Å². The highest BCUT2D eigenvalue weighted by Gasteiger charge is 2.15. The lowest BCUT2D eigenvalue weighted by Crippen LogP contribution is -2.17. The minimum Gasteiger partial charge on any atom is -0.345 e. The van der Waals surface area contributed by atoms with Gasteiger partial charge in [0.15, 0.2) is 0 Å². The predicted octanol–water partition coefficient (Wildman–Crippen LogP) is 0.485. The molecular weight excluding hydrogens is 102 g/mol. The van der Waals surface area contributed by atoms with E-state index in [0.29, 0.717) is 0 Å². The van der Waals surface area contributed by atoms with E-state index in [1.807, 2.05) is 4.90 Å². The summed E-state index contributed by atoms with van der Waals surface area (Å²) < 4.78 is 0. The minimum absolute atomic E-state index is 0.722. The summed E-state index contributed by atoms with van der Waals surface area (Å²) in [5.41, 5.74) is 0. The Labute approximate surface area is 49.5 Å². The molecule has 0 bridgehead atoms. The third kappa shape index (κ3) is 0.997. The molecule has 1 aliphatic heterocycles. The lowest BCUT2D eigenvalue weighted by Gasteiger charge is -2.04. The van der Waals surface area contributed by atoms with Crippen LogP contribution < -0.4 is 0 Å². The number of hydrogen-bond acceptors (Lipinski definition) is 1. The number of amides is 1. The molecule has 0 spiro atoms. The highest BCUT2D eigenvalue weighted by atomic mass is 16.1. The van der Waals surface area contributed by atoms with E-state index in [2.05, 4.69) is 6.92 Å². The van der Waals surface area contributed by atoms with E-state index < -0.39 is 0 Å². The average Bonchev–Trinajstić information content (AvgIpc) is 2.14. The molecule has 1 rings (SSSR count). The first-order valence-corrected chi connectivity index (χ1v) is 3.02. The highest BCUT2D eigenvalue weighted by Crippen LogP contribution is 2.11. The van der Waals surface area contributed by atoms with Crippen LogP contribution in [-0.4, -0.2) is 24.4 Å². The van der Waals surface area contributed by atoms with Crippen molar-refractivity contribution in [2.45, 2.75) is 13.3 Å². The van der Waals surface area contributed by atoms with E-state index in [0.717, 1.165) is 25.4 Å². The lowest BCUT2D eigenvalue weighted by atomic mass is 10.2. The summed E-state index contributed by atoms with van der Waals surface area (Å²) in [5.74, 6) is 0.722. The topological polar surface area (TPSA) is 20.3 Å². The average molecular weight is 113 g/mol. The fraction of sp³-hybridized carbons (Fsp3) is 0.833. The van der Waals surface area contributed by atoms with E-state index >= 15 is 0 Å². The third-order valence-electron chi connectivity index (χ3n) is 1.60. The van der Waals surface area contributed by atoms with Crippen molar-refractivity contribution < 1.29 is 4.79 Å². The van der Waals surface area contributed by atoms with Crippen molar-refractivity contribution >= 4 is 6.41 Å². The van der Waals surface area contributed by atoms with Crippen molar-refractivity contribution in [3.63, 3.8) is 0 Å². The summed E-state index contributed by atoms with van der Waals surface area (Å²) in [5, 5.41) is 0. The molecule has 1 atom stereocenters. The molecule has 1 aliphatic rings. The number of nitrogens with zero attached hydrogens (tertiary/aromatic N) is 1. The Bertz CT molecular complexity index is 92.5. The Hall–Kier alpha value is -0.530. The summed E-state index contributed by atoms with van der Waals surface area (Å²) in [6, 6.07) is 0. The molecule has 8 heavy (non-hydrogen) atoms. The molecular formula is C6H11NO. The summed E-state index contributed by atoms with van der Waals surface area (Å²) in [6.45, 7) is 4.09. The molecule has 1 fully saturated rings. The van der Waals surface area contributed by atoms with Gasteiger partial charge in [0.2, 0.25) is 6.41 Å². The lowest BCUT2D eigenvalue weighted by molar-refractivity contribution is -0.117. The first-order valence-electron chi connectivity index (χ1n) is 3.02. The van der Waals surface area contributed by atoms with Crippen LogP contribution in [0, 0.1) is 5.92 Å². The number of rotatable bonds is 1. The Balaban J connectivity index is 2.32. The zero-order valence-electron chi connectivity index (χ0n) is 5.13. The molecule has 0 saturated carbocycles. The molecule has 1 amide bonds. The summed E-state index contributed by atoms with van der Waals surface area (Å²) in [4.78, 5) is 11.9. The van der Waals surface area contributed by atoms with Gasteiger partial charge in [-0.05, 0) is 12.3 Å². The van der Waals surface area contributed by atoms with E-state index in [1.54, 1.807) is 0 Å². The summed E-state index contributed by atoms with van der Waals surface area (Å²) in [7, 11) is 0. The largest absolute Gasteiger partial charge is 0.345 e. The van der Waals surface area contributed by atoms with Crippen LogP contribution in [-0.2, 0) is 4.79 Å². The molecule has 0 aromatic carbocycles. The van der Waals surface area contributed by atoms with Crippen molar-refractivity contribution in [3.8, 4) is 0 Å². The Morgan fingerprint density at radius 1 is 1.75 bits per heavy atom. The molecule has 1 heterocycles. The fourth-order valence-corrected chi connectivity index (χ4v) is 1.06. The Kier molecular flexibility index (Phi) is 1.51. The quantitative estimate of drug-likeness (QED) is 0.453. The van der Waals surface area contributed by atoms with Gasteiger partial charge in [-0.2, -0.15) is 0 Å². The number of hydrogen-bond donors (Lipinski definition) is 0. The molecule has 46 valence electrons. The Morgan fingerprint density at radius 2 is 2.50 bits per heavy atom. The maximum absolute atomic E-state index is 10.1. The van der Waals surface area contributed by atoms with E-state index in [4.69, 9.17) is 0 Å². The molecule has 2 nitrogen and oxygen atoms in total. The number of likely N-dealkylation sites (tertiary alicyclic amines) is 1. The van der Waals surface area contributed by atoms with Gasteiger partial charge in [0, 0.05) is 13.1 Å². The minimum atomic E-state index is 0.722. The van der Waals surface area contributed by atoms with Gasteiger partial charge in [-0.15, -0.1) is 0 Å². The van der Waals surface area contributed by atoms with Crippen LogP contribution in [0.2, 0.25) is 0 Å². The van der Waals surface area contributed by atoms with Gasteiger partial charge in [-0.1, -0.05) is 6.92 Å². The second-order valence-electron chi connectivity index (χ2n) is 2.49. The van der Waals surface area contributed by atoms with Crippen LogP contribution in [0.3, 0.4) is 0 Å². The van der Waals surface area contributed by atoms with Crippen LogP contribution in [0.4, 0.5) is 0 Å². The van der Waals surface area contributed by atoms with Crippen molar-refractivity contribution in [1.29, 1.82) is 0 Å².